The number of ether oxygens (including phenoxy) is 1. The number of methoxy groups -OCH3 is 1. The molecule has 4 rings (SSSR count). The predicted octanol–water partition coefficient (Wildman–Crippen LogP) is 4.64. The van der Waals surface area contributed by atoms with Crippen molar-refractivity contribution in [1.82, 2.24) is 14.9 Å². The average molecular weight is 504 g/mol. The van der Waals surface area contributed by atoms with Gasteiger partial charge in [-0.25, -0.2) is 9.97 Å². The number of nitrogens with zero attached hydrogens (tertiary/aromatic N) is 3. The third kappa shape index (κ3) is 8.52. The molecule has 0 aliphatic carbocycles. The Kier molecular flexibility index (Phi) is 10.7. The molecule has 0 saturated carbocycles. The highest BCUT2D eigenvalue weighted by molar-refractivity contribution is 5.66. The summed E-state index contributed by atoms with van der Waals surface area (Å²) in [5.41, 5.74) is 4.78. The third-order valence-electron chi connectivity index (χ3n) is 6.95. The summed E-state index contributed by atoms with van der Waals surface area (Å²) in [6.07, 6.45) is 8.17. The summed E-state index contributed by atoms with van der Waals surface area (Å²) in [4.78, 5) is 11.7. The van der Waals surface area contributed by atoms with Crippen LogP contribution in [0.15, 0.2) is 60.8 Å². The van der Waals surface area contributed by atoms with Gasteiger partial charge >= 0.3 is 0 Å². The SMILES string of the molecule is COCCN(CCCCc1ccc2c(n1)NCCC2)CC[C@@H](CO)Nc1cc(-c2ccccc2)ccn1. The lowest BCUT2D eigenvalue weighted by molar-refractivity contribution is 0.142. The molecule has 3 heterocycles. The van der Waals surface area contributed by atoms with Gasteiger partial charge in [0.15, 0.2) is 0 Å². The number of anilines is 2. The maximum atomic E-state index is 10.0. The molecule has 1 aromatic carbocycles. The van der Waals surface area contributed by atoms with Gasteiger partial charge in [0.1, 0.15) is 11.6 Å². The predicted molar refractivity (Wildman–Crippen MR) is 151 cm³/mol. The fraction of sp³-hybridized carbons (Fsp3) is 0.467. The van der Waals surface area contributed by atoms with Gasteiger partial charge in [0.2, 0.25) is 0 Å². The molecule has 7 nitrogen and oxygen atoms in total. The Balaban J connectivity index is 1.24. The summed E-state index contributed by atoms with van der Waals surface area (Å²) in [5.74, 6) is 1.87. The van der Waals surface area contributed by atoms with Crippen molar-refractivity contribution in [3.8, 4) is 11.1 Å². The third-order valence-corrected chi connectivity index (χ3v) is 6.95. The van der Waals surface area contributed by atoms with Gasteiger partial charge in [-0.15, -0.1) is 0 Å². The quantitative estimate of drug-likeness (QED) is 0.261. The molecule has 3 N–H and O–H groups in total. The highest BCUT2D eigenvalue weighted by atomic mass is 16.5. The van der Waals surface area contributed by atoms with E-state index in [0.717, 1.165) is 81.0 Å². The average Bonchev–Trinajstić information content (AvgIpc) is 2.96. The number of hydrogen-bond acceptors (Lipinski definition) is 7. The normalized spacial score (nSPS) is 13.7. The first kappa shape index (κ1) is 27.0. The number of nitrogens with one attached hydrogen (secondary N) is 2. The highest BCUT2D eigenvalue weighted by Gasteiger charge is 2.13. The molecule has 0 amide bonds. The van der Waals surface area contributed by atoms with Gasteiger partial charge in [0.25, 0.3) is 0 Å². The van der Waals surface area contributed by atoms with Crippen LogP contribution in [0, 0.1) is 0 Å². The molecule has 198 valence electrons. The number of fused-ring (bicyclic) bond motifs is 1. The number of aliphatic hydroxyl groups is 1. The summed E-state index contributed by atoms with van der Waals surface area (Å²) in [6, 6.07) is 18.7. The smallest absolute Gasteiger partial charge is 0.129 e. The molecule has 37 heavy (non-hydrogen) atoms. The van der Waals surface area contributed by atoms with Crippen molar-refractivity contribution in [3.63, 3.8) is 0 Å². The number of unbranched alkanes of at least 4 members (excludes halogenated alkanes) is 1. The molecule has 0 saturated heterocycles. The van der Waals surface area contributed by atoms with Crippen molar-refractivity contribution in [3.05, 3.63) is 72.1 Å². The zero-order valence-electron chi connectivity index (χ0n) is 22.0. The van der Waals surface area contributed by atoms with Crippen LogP contribution in [-0.2, 0) is 17.6 Å². The molecular formula is C30H41N5O2. The molecule has 1 aliphatic heterocycles. The van der Waals surface area contributed by atoms with Crippen LogP contribution in [0.3, 0.4) is 0 Å². The lowest BCUT2D eigenvalue weighted by atomic mass is 10.1. The van der Waals surface area contributed by atoms with Crippen LogP contribution < -0.4 is 10.6 Å². The second-order valence-corrected chi connectivity index (χ2v) is 9.74. The molecule has 0 unspecified atom stereocenters. The number of aliphatic hydroxyl groups excluding tert-OH is 1. The molecule has 1 aliphatic rings. The summed E-state index contributed by atoms with van der Waals surface area (Å²) in [5, 5.41) is 16.9. The fourth-order valence-electron chi connectivity index (χ4n) is 4.78. The Morgan fingerprint density at radius 2 is 1.95 bits per heavy atom. The van der Waals surface area contributed by atoms with E-state index in [4.69, 9.17) is 9.72 Å². The minimum atomic E-state index is -0.0595. The summed E-state index contributed by atoms with van der Waals surface area (Å²) in [6.45, 7) is 4.57. The Morgan fingerprint density at radius 1 is 1.05 bits per heavy atom. The van der Waals surface area contributed by atoms with Crippen LogP contribution >= 0.6 is 0 Å². The van der Waals surface area contributed by atoms with Crippen molar-refractivity contribution in [1.29, 1.82) is 0 Å². The fourth-order valence-corrected chi connectivity index (χ4v) is 4.78. The first-order valence-electron chi connectivity index (χ1n) is 13.6. The van der Waals surface area contributed by atoms with E-state index >= 15 is 0 Å². The van der Waals surface area contributed by atoms with Crippen LogP contribution in [0.4, 0.5) is 11.6 Å². The number of benzene rings is 1. The lowest BCUT2D eigenvalue weighted by Crippen LogP contribution is -2.34. The van der Waals surface area contributed by atoms with Crippen molar-refractivity contribution in [2.24, 2.45) is 0 Å². The maximum absolute atomic E-state index is 10.0. The van der Waals surface area contributed by atoms with E-state index in [0.29, 0.717) is 6.61 Å². The zero-order valence-corrected chi connectivity index (χ0v) is 22.0. The minimum absolute atomic E-state index is 0.0595. The summed E-state index contributed by atoms with van der Waals surface area (Å²) in [7, 11) is 1.75. The topological polar surface area (TPSA) is 82.5 Å². The van der Waals surface area contributed by atoms with Gasteiger partial charge in [0, 0.05) is 38.6 Å². The minimum Gasteiger partial charge on any atom is -0.394 e. The van der Waals surface area contributed by atoms with E-state index in [9.17, 15) is 5.11 Å². The van der Waals surface area contributed by atoms with Crippen molar-refractivity contribution in [2.75, 3.05) is 57.1 Å². The monoisotopic (exact) mass is 503 g/mol. The van der Waals surface area contributed by atoms with Crippen LogP contribution in [0.1, 0.15) is 36.9 Å². The van der Waals surface area contributed by atoms with Gasteiger partial charge < -0.3 is 25.4 Å². The first-order chi connectivity index (χ1) is 18.2. The second kappa shape index (κ2) is 14.7. The largest absolute Gasteiger partial charge is 0.394 e. The molecular weight excluding hydrogens is 462 g/mol. The van der Waals surface area contributed by atoms with Gasteiger partial charge in [-0.05, 0) is 80.0 Å². The molecule has 0 bridgehead atoms. The first-order valence-corrected chi connectivity index (χ1v) is 13.6. The maximum Gasteiger partial charge on any atom is 0.129 e. The number of hydrogen-bond donors (Lipinski definition) is 3. The highest BCUT2D eigenvalue weighted by Crippen LogP contribution is 2.22. The summed E-state index contributed by atoms with van der Waals surface area (Å²) >= 11 is 0. The van der Waals surface area contributed by atoms with Gasteiger partial charge in [-0.3, -0.25) is 0 Å². The van der Waals surface area contributed by atoms with Crippen LogP contribution in [0.5, 0.6) is 0 Å². The van der Waals surface area contributed by atoms with Crippen molar-refractivity contribution >= 4 is 11.6 Å². The zero-order chi connectivity index (χ0) is 25.7. The Bertz CT molecular complexity index is 1080. The Labute approximate surface area is 221 Å². The van der Waals surface area contributed by atoms with Crippen LogP contribution in [-0.4, -0.2) is 72.5 Å². The summed E-state index contributed by atoms with van der Waals surface area (Å²) < 4.78 is 5.35. The van der Waals surface area contributed by atoms with Crippen molar-refractivity contribution < 1.29 is 9.84 Å². The number of aromatic nitrogens is 2. The Hall–Kier alpha value is -3.00. The molecule has 3 aromatic rings. The van der Waals surface area contributed by atoms with E-state index in [2.05, 4.69) is 44.8 Å². The molecule has 0 fully saturated rings. The standard InChI is InChI=1S/C30H41N5O2/c1-37-21-20-35(18-6-5-11-27-13-12-25-10-7-16-32-30(25)34-27)19-15-28(23-36)33-29-22-26(14-17-31-29)24-8-3-2-4-9-24/h2-4,8-9,12-14,17,22,28,36H,5-7,10-11,15-16,18-21,23H2,1H3,(H,31,33)(H,32,34)/t28-/m0/s1. The molecule has 2 aromatic heterocycles. The van der Waals surface area contributed by atoms with E-state index in [1.807, 2.05) is 36.5 Å². The van der Waals surface area contributed by atoms with Crippen LogP contribution in [0.25, 0.3) is 11.1 Å². The van der Waals surface area contributed by atoms with E-state index < -0.39 is 0 Å². The van der Waals surface area contributed by atoms with Gasteiger partial charge in [0.05, 0.1) is 19.3 Å². The number of aryl methyl sites for hydroxylation is 2. The van der Waals surface area contributed by atoms with E-state index in [-0.39, 0.29) is 12.6 Å². The van der Waals surface area contributed by atoms with E-state index in [1.54, 1.807) is 7.11 Å². The molecule has 1 atom stereocenters. The van der Waals surface area contributed by atoms with Crippen molar-refractivity contribution in [2.45, 2.75) is 44.6 Å². The molecule has 0 spiro atoms. The lowest BCUT2D eigenvalue weighted by Gasteiger charge is -2.25. The van der Waals surface area contributed by atoms with Crippen LogP contribution in [0.2, 0.25) is 0 Å². The number of pyridine rings is 2. The second-order valence-electron chi connectivity index (χ2n) is 9.74. The number of rotatable bonds is 15. The van der Waals surface area contributed by atoms with Gasteiger partial charge in [-0.1, -0.05) is 36.4 Å². The Morgan fingerprint density at radius 3 is 2.78 bits per heavy atom. The van der Waals surface area contributed by atoms with E-state index in [1.165, 1.54) is 17.7 Å². The molecule has 0 radical (unpaired) electrons. The van der Waals surface area contributed by atoms with Gasteiger partial charge in [-0.2, -0.15) is 0 Å². The molecule has 7 heteroatoms.